The summed E-state index contributed by atoms with van der Waals surface area (Å²) in [5.41, 5.74) is 2.17. The fourth-order valence-electron chi connectivity index (χ4n) is 2.05. The fraction of sp³-hybridized carbons (Fsp3) is 0.250. The van der Waals surface area contributed by atoms with E-state index in [2.05, 4.69) is 10.3 Å². The van der Waals surface area contributed by atoms with Gasteiger partial charge in [-0.15, -0.1) is 0 Å². The van der Waals surface area contributed by atoms with Crippen LogP contribution >= 0.6 is 0 Å². The van der Waals surface area contributed by atoms with Crippen molar-refractivity contribution in [2.45, 2.75) is 13.5 Å². The molecule has 0 spiro atoms. The van der Waals surface area contributed by atoms with Crippen molar-refractivity contribution < 1.29 is 9.18 Å². The Morgan fingerprint density at radius 3 is 2.67 bits per heavy atom. The molecule has 1 amide bonds. The topological polar surface area (TPSA) is 45.2 Å². The van der Waals surface area contributed by atoms with Crippen LogP contribution in [-0.2, 0) is 6.54 Å². The maximum Gasteiger partial charge on any atom is 0.257 e. The van der Waals surface area contributed by atoms with Crippen LogP contribution in [0.5, 0.6) is 0 Å². The monoisotopic (exact) mass is 287 g/mol. The zero-order chi connectivity index (χ0) is 15.2. The van der Waals surface area contributed by atoms with Crippen LogP contribution in [0.3, 0.4) is 0 Å². The molecule has 0 aliphatic carbocycles. The van der Waals surface area contributed by atoms with Crippen molar-refractivity contribution in [2.75, 3.05) is 18.9 Å². The van der Waals surface area contributed by atoms with Crippen LogP contribution in [0.4, 0.5) is 10.1 Å². The van der Waals surface area contributed by atoms with Gasteiger partial charge in [0.2, 0.25) is 0 Å². The first-order valence-corrected chi connectivity index (χ1v) is 6.79. The summed E-state index contributed by atoms with van der Waals surface area (Å²) in [6.45, 7) is 3.11. The van der Waals surface area contributed by atoms with Crippen LogP contribution < -0.4 is 5.32 Å². The van der Waals surface area contributed by atoms with Crippen LogP contribution in [-0.4, -0.2) is 29.4 Å². The van der Waals surface area contributed by atoms with E-state index in [-0.39, 0.29) is 11.7 Å². The van der Waals surface area contributed by atoms with E-state index in [4.69, 9.17) is 0 Å². The predicted octanol–water partition coefficient (Wildman–Crippen LogP) is 2.92. The summed E-state index contributed by atoms with van der Waals surface area (Å²) in [4.78, 5) is 18.1. The minimum atomic E-state index is -0.283. The van der Waals surface area contributed by atoms with Gasteiger partial charge in [-0.2, -0.15) is 0 Å². The van der Waals surface area contributed by atoms with Gasteiger partial charge in [0, 0.05) is 32.5 Å². The molecule has 0 saturated heterocycles. The molecule has 0 aliphatic rings. The van der Waals surface area contributed by atoms with Gasteiger partial charge in [-0.25, -0.2) is 4.39 Å². The Morgan fingerprint density at radius 2 is 2.00 bits per heavy atom. The molecule has 1 N–H and O–H groups in total. The molecule has 0 fully saturated rings. The van der Waals surface area contributed by atoms with Gasteiger partial charge in [-0.1, -0.05) is 12.1 Å². The van der Waals surface area contributed by atoms with Crippen molar-refractivity contribution in [3.8, 4) is 0 Å². The zero-order valence-corrected chi connectivity index (χ0v) is 12.1. The van der Waals surface area contributed by atoms with Crippen molar-refractivity contribution >= 4 is 11.6 Å². The SMILES string of the molecule is CCNc1ccncc1C(=O)N(C)Cc1ccc(F)cc1. The molecule has 1 aromatic heterocycles. The standard InChI is InChI=1S/C16H18FN3O/c1-3-19-15-8-9-18-10-14(15)16(21)20(2)11-12-4-6-13(17)7-5-12/h4-10H,3,11H2,1-2H3,(H,18,19). The first-order chi connectivity index (χ1) is 10.1. The largest absolute Gasteiger partial charge is 0.385 e. The molecular formula is C16H18FN3O. The lowest BCUT2D eigenvalue weighted by Gasteiger charge is -2.19. The molecule has 0 saturated carbocycles. The molecule has 110 valence electrons. The third kappa shape index (κ3) is 3.78. The van der Waals surface area contributed by atoms with Crippen molar-refractivity contribution in [3.63, 3.8) is 0 Å². The second kappa shape index (κ2) is 6.83. The van der Waals surface area contributed by atoms with E-state index < -0.39 is 0 Å². The number of anilines is 1. The minimum absolute atomic E-state index is 0.122. The summed E-state index contributed by atoms with van der Waals surface area (Å²) in [6.07, 6.45) is 3.20. The molecule has 0 unspecified atom stereocenters. The molecule has 1 aromatic carbocycles. The Labute approximate surface area is 123 Å². The molecule has 2 rings (SSSR count). The summed E-state index contributed by atoms with van der Waals surface area (Å²) in [7, 11) is 1.72. The van der Waals surface area contributed by atoms with E-state index in [1.807, 2.05) is 6.92 Å². The zero-order valence-electron chi connectivity index (χ0n) is 12.1. The average Bonchev–Trinajstić information content (AvgIpc) is 2.50. The number of halogens is 1. The second-order valence-corrected chi connectivity index (χ2v) is 4.74. The first kappa shape index (κ1) is 15.0. The highest BCUT2D eigenvalue weighted by molar-refractivity contribution is 5.99. The van der Waals surface area contributed by atoms with Crippen molar-refractivity contribution in [3.05, 3.63) is 59.7 Å². The number of aromatic nitrogens is 1. The van der Waals surface area contributed by atoms with Crippen LogP contribution in [0, 0.1) is 5.82 Å². The number of nitrogens with one attached hydrogen (secondary N) is 1. The number of nitrogens with zero attached hydrogens (tertiary/aromatic N) is 2. The predicted molar refractivity (Wildman–Crippen MR) is 80.6 cm³/mol. The number of amides is 1. The van der Waals surface area contributed by atoms with Gasteiger partial charge in [0.15, 0.2) is 0 Å². The molecule has 4 nitrogen and oxygen atoms in total. The van der Waals surface area contributed by atoms with Crippen LogP contribution in [0.25, 0.3) is 0 Å². The lowest BCUT2D eigenvalue weighted by molar-refractivity contribution is 0.0785. The van der Waals surface area contributed by atoms with Crippen LogP contribution in [0.15, 0.2) is 42.7 Å². The Bertz CT molecular complexity index is 613. The lowest BCUT2D eigenvalue weighted by atomic mass is 10.1. The molecule has 1 heterocycles. The van der Waals surface area contributed by atoms with E-state index >= 15 is 0 Å². The molecule has 0 aliphatic heterocycles. The number of pyridine rings is 1. The highest BCUT2D eigenvalue weighted by Gasteiger charge is 2.16. The Balaban J connectivity index is 2.13. The van der Waals surface area contributed by atoms with E-state index in [1.54, 1.807) is 42.5 Å². The van der Waals surface area contributed by atoms with Gasteiger partial charge in [0.25, 0.3) is 5.91 Å². The molecule has 0 bridgehead atoms. The summed E-state index contributed by atoms with van der Waals surface area (Å²) in [5, 5.41) is 3.15. The van der Waals surface area contributed by atoms with E-state index in [9.17, 15) is 9.18 Å². The molecular weight excluding hydrogens is 269 g/mol. The Morgan fingerprint density at radius 1 is 1.29 bits per heavy atom. The number of hydrogen-bond acceptors (Lipinski definition) is 3. The Kier molecular flexibility index (Phi) is 4.87. The third-order valence-electron chi connectivity index (χ3n) is 3.10. The van der Waals surface area contributed by atoms with E-state index in [1.165, 1.54) is 12.1 Å². The minimum Gasteiger partial charge on any atom is -0.385 e. The maximum absolute atomic E-state index is 12.9. The summed E-state index contributed by atoms with van der Waals surface area (Å²) in [6, 6.07) is 7.91. The summed E-state index contributed by atoms with van der Waals surface area (Å²) < 4.78 is 12.9. The van der Waals surface area contributed by atoms with E-state index in [0.717, 1.165) is 17.8 Å². The smallest absolute Gasteiger partial charge is 0.257 e. The lowest BCUT2D eigenvalue weighted by Crippen LogP contribution is -2.27. The number of carbonyl (C=O) groups is 1. The normalized spacial score (nSPS) is 10.2. The second-order valence-electron chi connectivity index (χ2n) is 4.74. The first-order valence-electron chi connectivity index (χ1n) is 6.79. The van der Waals surface area contributed by atoms with Crippen LogP contribution in [0.2, 0.25) is 0 Å². The molecule has 0 atom stereocenters. The van der Waals surface area contributed by atoms with Gasteiger partial charge >= 0.3 is 0 Å². The highest BCUT2D eigenvalue weighted by atomic mass is 19.1. The quantitative estimate of drug-likeness (QED) is 0.919. The number of rotatable bonds is 5. The third-order valence-corrected chi connectivity index (χ3v) is 3.10. The molecule has 5 heteroatoms. The average molecular weight is 287 g/mol. The Hall–Kier alpha value is -2.43. The summed E-state index contributed by atoms with van der Waals surface area (Å²) in [5.74, 6) is -0.405. The molecule has 2 aromatic rings. The van der Waals surface area contributed by atoms with Crippen molar-refractivity contribution in [2.24, 2.45) is 0 Å². The van der Waals surface area contributed by atoms with E-state index in [0.29, 0.717) is 12.1 Å². The summed E-state index contributed by atoms with van der Waals surface area (Å²) >= 11 is 0. The number of carbonyl (C=O) groups excluding carboxylic acids is 1. The maximum atomic E-state index is 12.9. The van der Waals surface area contributed by atoms with Gasteiger partial charge in [-0.3, -0.25) is 9.78 Å². The van der Waals surface area contributed by atoms with Gasteiger partial charge in [0.05, 0.1) is 11.3 Å². The highest BCUT2D eigenvalue weighted by Crippen LogP contribution is 2.16. The number of benzene rings is 1. The van der Waals surface area contributed by atoms with Crippen molar-refractivity contribution in [1.29, 1.82) is 0 Å². The molecule has 21 heavy (non-hydrogen) atoms. The van der Waals surface area contributed by atoms with Crippen LogP contribution in [0.1, 0.15) is 22.8 Å². The number of hydrogen-bond donors (Lipinski definition) is 1. The van der Waals surface area contributed by atoms with Crippen molar-refractivity contribution in [1.82, 2.24) is 9.88 Å². The van der Waals surface area contributed by atoms with Gasteiger partial charge in [0.1, 0.15) is 5.82 Å². The fourth-order valence-corrected chi connectivity index (χ4v) is 2.05. The van der Waals surface area contributed by atoms with Gasteiger partial charge in [-0.05, 0) is 30.7 Å². The molecule has 0 radical (unpaired) electrons. The van der Waals surface area contributed by atoms with Gasteiger partial charge < -0.3 is 10.2 Å².